The van der Waals surface area contributed by atoms with Gasteiger partial charge >= 0.3 is 0 Å². The Morgan fingerprint density at radius 3 is 3.07 bits per heavy atom. The molecule has 0 aliphatic rings. The Balaban J connectivity index is 2.26. The first-order chi connectivity index (χ1) is 6.88. The van der Waals surface area contributed by atoms with Crippen molar-refractivity contribution in [2.75, 3.05) is 6.54 Å². The van der Waals surface area contributed by atoms with Gasteiger partial charge in [-0.05, 0) is 26.0 Å². The van der Waals surface area contributed by atoms with E-state index in [1.807, 2.05) is 6.92 Å². The summed E-state index contributed by atoms with van der Waals surface area (Å²) in [5.41, 5.74) is 1.34. The van der Waals surface area contributed by atoms with Gasteiger partial charge in [-0.3, -0.25) is 0 Å². The summed E-state index contributed by atoms with van der Waals surface area (Å²) < 4.78 is 2.25. The quantitative estimate of drug-likeness (QED) is 0.555. The highest BCUT2D eigenvalue weighted by atomic mass is 15.0. The zero-order valence-corrected chi connectivity index (χ0v) is 9.01. The van der Waals surface area contributed by atoms with Gasteiger partial charge in [-0.2, -0.15) is 0 Å². The molecule has 0 spiro atoms. The normalized spacial score (nSPS) is 9.57. The van der Waals surface area contributed by atoms with Gasteiger partial charge in [0.25, 0.3) is 0 Å². The van der Waals surface area contributed by atoms with Crippen LogP contribution in [0.5, 0.6) is 0 Å². The van der Waals surface area contributed by atoms with Crippen molar-refractivity contribution in [3.05, 3.63) is 24.0 Å². The maximum atomic E-state index is 3.37. The van der Waals surface area contributed by atoms with Crippen LogP contribution in [0.2, 0.25) is 0 Å². The van der Waals surface area contributed by atoms with Crippen LogP contribution in [0.15, 0.2) is 18.3 Å². The Hall–Kier alpha value is -1.20. The second-order valence-corrected chi connectivity index (χ2v) is 3.14. The summed E-state index contributed by atoms with van der Waals surface area (Å²) in [4.78, 5) is 0. The fraction of sp³-hybridized carbons (Fsp3) is 0.500. The molecule has 1 aromatic heterocycles. The van der Waals surface area contributed by atoms with E-state index in [9.17, 15) is 0 Å². The van der Waals surface area contributed by atoms with Crippen LogP contribution in [-0.2, 0) is 13.1 Å². The van der Waals surface area contributed by atoms with Gasteiger partial charge in [0, 0.05) is 37.9 Å². The Bertz CT molecular complexity index is 315. The predicted molar refractivity (Wildman–Crippen MR) is 59.9 cm³/mol. The zero-order valence-electron chi connectivity index (χ0n) is 9.01. The Labute approximate surface area is 86.3 Å². The number of nitrogens with one attached hydrogen (secondary N) is 1. The smallest absolute Gasteiger partial charge is 0.0359 e. The monoisotopic (exact) mass is 190 g/mol. The van der Waals surface area contributed by atoms with E-state index in [2.05, 4.69) is 47.0 Å². The molecule has 0 radical (unpaired) electrons. The lowest BCUT2D eigenvalue weighted by atomic mass is 10.4. The lowest BCUT2D eigenvalue weighted by Crippen LogP contribution is -2.16. The predicted octanol–water partition coefficient (Wildman–Crippen LogP) is 2.01. The van der Waals surface area contributed by atoms with Crippen molar-refractivity contribution < 1.29 is 0 Å². The molecule has 1 heterocycles. The second-order valence-electron chi connectivity index (χ2n) is 3.14. The first-order valence-corrected chi connectivity index (χ1v) is 5.12. The van der Waals surface area contributed by atoms with E-state index >= 15 is 0 Å². The Morgan fingerprint density at radius 2 is 2.36 bits per heavy atom. The fourth-order valence-corrected chi connectivity index (χ4v) is 1.41. The molecule has 1 rings (SSSR count). The average Bonchev–Trinajstić information content (AvgIpc) is 2.65. The molecule has 0 bridgehead atoms. The van der Waals surface area contributed by atoms with Crippen LogP contribution in [0.25, 0.3) is 0 Å². The molecule has 0 unspecified atom stereocenters. The van der Waals surface area contributed by atoms with Gasteiger partial charge in [0.05, 0.1) is 0 Å². The van der Waals surface area contributed by atoms with E-state index in [-0.39, 0.29) is 0 Å². The van der Waals surface area contributed by atoms with Gasteiger partial charge in [-0.1, -0.05) is 0 Å². The molecular formula is C12H18N2. The molecule has 0 saturated heterocycles. The molecule has 1 aromatic rings. The molecular weight excluding hydrogens is 172 g/mol. The van der Waals surface area contributed by atoms with Crippen LogP contribution < -0.4 is 5.32 Å². The summed E-state index contributed by atoms with van der Waals surface area (Å²) in [7, 11) is 0. The standard InChI is InChI=1S/C12H18N2/c1-3-5-6-9-13-11-12-8-7-10-14(12)4-2/h7-8,10,13H,4,6,9,11H2,1-2H3. The minimum atomic E-state index is 0.934. The van der Waals surface area contributed by atoms with Gasteiger partial charge in [-0.25, -0.2) is 0 Å². The summed E-state index contributed by atoms with van der Waals surface area (Å²) in [6.07, 6.45) is 3.05. The molecule has 0 fully saturated rings. The SMILES string of the molecule is CC#CCCNCc1cccn1CC. The van der Waals surface area contributed by atoms with E-state index < -0.39 is 0 Å². The number of rotatable bonds is 5. The molecule has 0 saturated carbocycles. The molecule has 0 amide bonds. The fourth-order valence-electron chi connectivity index (χ4n) is 1.41. The third kappa shape index (κ3) is 3.27. The van der Waals surface area contributed by atoms with Crippen molar-refractivity contribution in [1.29, 1.82) is 0 Å². The van der Waals surface area contributed by atoms with Crippen LogP contribution in [0.3, 0.4) is 0 Å². The van der Waals surface area contributed by atoms with Gasteiger partial charge < -0.3 is 9.88 Å². The van der Waals surface area contributed by atoms with Crippen molar-refractivity contribution in [3.8, 4) is 11.8 Å². The van der Waals surface area contributed by atoms with E-state index in [0.717, 1.165) is 26.1 Å². The number of aryl methyl sites for hydroxylation is 1. The number of nitrogens with zero attached hydrogens (tertiary/aromatic N) is 1. The summed E-state index contributed by atoms with van der Waals surface area (Å²) >= 11 is 0. The van der Waals surface area contributed by atoms with Crippen LogP contribution in [0.1, 0.15) is 26.0 Å². The minimum absolute atomic E-state index is 0.934. The second kappa shape index (κ2) is 6.28. The van der Waals surface area contributed by atoms with E-state index in [1.165, 1.54) is 5.69 Å². The summed E-state index contributed by atoms with van der Waals surface area (Å²) in [6, 6.07) is 4.24. The highest BCUT2D eigenvalue weighted by Gasteiger charge is 1.96. The Morgan fingerprint density at radius 1 is 1.50 bits per heavy atom. The van der Waals surface area contributed by atoms with Crippen molar-refractivity contribution >= 4 is 0 Å². The molecule has 14 heavy (non-hydrogen) atoms. The number of hydrogen-bond acceptors (Lipinski definition) is 1. The molecule has 0 aliphatic heterocycles. The Kier molecular flexibility index (Phi) is 4.88. The lowest BCUT2D eigenvalue weighted by Gasteiger charge is -2.06. The van der Waals surface area contributed by atoms with Crippen LogP contribution in [-0.4, -0.2) is 11.1 Å². The summed E-state index contributed by atoms with van der Waals surface area (Å²) in [5.74, 6) is 5.93. The maximum absolute atomic E-state index is 3.37. The largest absolute Gasteiger partial charge is 0.351 e. The lowest BCUT2D eigenvalue weighted by molar-refractivity contribution is 0.635. The highest BCUT2D eigenvalue weighted by molar-refractivity contribution is 5.06. The molecule has 0 aliphatic carbocycles. The molecule has 76 valence electrons. The molecule has 0 atom stereocenters. The van der Waals surface area contributed by atoms with Gasteiger partial charge in [-0.15, -0.1) is 11.8 Å². The molecule has 2 heteroatoms. The van der Waals surface area contributed by atoms with Crippen molar-refractivity contribution in [1.82, 2.24) is 9.88 Å². The number of hydrogen-bond donors (Lipinski definition) is 1. The average molecular weight is 190 g/mol. The van der Waals surface area contributed by atoms with Crippen LogP contribution in [0.4, 0.5) is 0 Å². The molecule has 1 N–H and O–H groups in total. The summed E-state index contributed by atoms with van der Waals surface area (Å²) in [5, 5.41) is 3.37. The first kappa shape index (κ1) is 10.9. The van der Waals surface area contributed by atoms with E-state index in [0.29, 0.717) is 0 Å². The molecule has 0 aromatic carbocycles. The van der Waals surface area contributed by atoms with Crippen LogP contribution in [0, 0.1) is 11.8 Å². The highest BCUT2D eigenvalue weighted by Crippen LogP contribution is 2.01. The third-order valence-electron chi connectivity index (χ3n) is 2.17. The van der Waals surface area contributed by atoms with E-state index in [4.69, 9.17) is 0 Å². The topological polar surface area (TPSA) is 17.0 Å². The zero-order chi connectivity index (χ0) is 10.2. The summed E-state index contributed by atoms with van der Waals surface area (Å²) in [6.45, 7) is 6.98. The van der Waals surface area contributed by atoms with Crippen molar-refractivity contribution in [3.63, 3.8) is 0 Å². The van der Waals surface area contributed by atoms with Crippen LogP contribution >= 0.6 is 0 Å². The van der Waals surface area contributed by atoms with E-state index in [1.54, 1.807) is 0 Å². The van der Waals surface area contributed by atoms with Crippen molar-refractivity contribution in [2.45, 2.75) is 33.4 Å². The van der Waals surface area contributed by atoms with Crippen molar-refractivity contribution in [2.24, 2.45) is 0 Å². The van der Waals surface area contributed by atoms with Gasteiger partial charge in [0.1, 0.15) is 0 Å². The number of aromatic nitrogens is 1. The van der Waals surface area contributed by atoms with Gasteiger partial charge in [0.2, 0.25) is 0 Å². The minimum Gasteiger partial charge on any atom is -0.351 e. The maximum Gasteiger partial charge on any atom is 0.0359 e. The molecule has 2 nitrogen and oxygen atoms in total. The third-order valence-corrected chi connectivity index (χ3v) is 2.17. The first-order valence-electron chi connectivity index (χ1n) is 5.12. The van der Waals surface area contributed by atoms with Gasteiger partial charge in [0.15, 0.2) is 0 Å².